The minimum Gasteiger partial charge on any atom is -0.366 e. The van der Waals surface area contributed by atoms with Gasteiger partial charge in [0.2, 0.25) is 11.9 Å². The lowest BCUT2D eigenvalue weighted by Gasteiger charge is -2.27. The molecule has 27 heavy (non-hydrogen) atoms. The summed E-state index contributed by atoms with van der Waals surface area (Å²) in [5, 5.41) is 7.70. The monoisotopic (exact) mass is 363 g/mol. The smallest absolute Gasteiger partial charge is 0.248 e. The van der Waals surface area contributed by atoms with E-state index in [-0.39, 0.29) is 5.82 Å². The molecule has 136 valence electrons. The molecule has 0 saturated carbocycles. The van der Waals surface area contributed by atoms with Crippen molar-refractivity contribution in [3.05, 3.63) is 76.7 Å². The number of nitrogens with one attached hydrogen (secondary N) is 1. The summed E-state index contributed by atoms with van der Waals surface area (Å²) < 4.78 is 15.0. The van der Waals surface area contributed by atoms with Gasteiger partial charge in [-0.2, -0.15) is 4.98 Å². The van der Waals surface area contributed by atoms with E-state index in [1.54, 1.807) is 23.7 Å². The minimum atomic E-state index is -0.578. The summed E-state index contributed by atoms with van der Waals surface area (Å²) in [7, 11) is 0. The first-order valence-corrected chi connectivity index (χ1v) is 8.50. The molecular formula is C20H18FN5O. The van der Waals surface area contributed by atoms with Gasteiger partial charge in [0.25, 0.3) is 0 Å². The Morgan fingerprint density at radius 1 is 1.11 bits per heavy atom. The van der Waals surface area contributed by atoms with Crippen LogP contribution < -0.4 is 11.1 Å². The number of halogens is 1. The van der Waals surface area contributed by atoms with Gasteiger partial charge in [-0.1, -0.05) is 42.0 Å². The molecule has 3 N–H and O–H groups in total. The van der Waals surface area contributed by atoms with E-state index in [1.807, 2.05) is 31.2 Å². The molecule has 1 aliphatic heterocycles. The van der Waals surface area contributed by atoms with Gasteiger partial charge in [-0.25, -0.2) is 9.07 Å². The van der Waals surface area contributed by atoms with E-state index in [9.17, 15) is 9.18 Å². The normalized spacial score (nSPS) is 16.0. The first-order valence-electron chi connectivity index (χ1n) is 8.50. The maximum Gasteiger partial charge on any atom is 0.248 e. The Balaban J connectivity index is 1.87. The number of anilines is 1. The summed E-state index contributed by atoms with van der Waals surface area (Å²) in [5.41, 5.74) is 9.31. The average Bonchev–Trinajstić information content (AvgIpc) is 3.05. The highest BCUT2D eigenvalue weighted by Gasteiger charge is 2.33. The minimum absolute atomic E-state index is 0.354. The number of carbonyl (C=O) groups is 1. The van der Waals surface area contributed by atoms with E-state index in [2.05, 4.69) is 15.4 Å². The fourth-order valence-electron chi connectivity index (χ4n) is 3.25. The van der Waals surface area contributed by atoms with Gasteiger partial charge < -0.3 is 11.1 Å². The van der Waals surface area contributed by atoms with Gasteiger partial charge in [-0.15, -0.1) is 5.10 Å². The number of rotatable bonds is 3. The van der Waals surface area contributed by atoms with Crippen molar-refractivity contribution in [2.24, 2.45) is 5.73 Å². The van der Waals surface area contributed by atoms with Gasteiger partial charge in [-0.3, -0.25) is 4.79 Å². The Hall–Kier alpha value is -3.48. The summed E-state index contributed by atoms with van der Waals surface area (Å²) in [6, 6.07) is 13.2. The van der Waals surface area contributed by atoms with Gasteiger partial charge in [-0.05, 0) is 31.5 Å². The van der Waals surface area contributed by atoms with Crippen molar-refractivity contribution in [3.8, 4) is 11.4 Å². The zero-order chi connectivity index (χ0) is 19.1. The van der Waals surface area contributed by atoms with E-state index < -0.39 is 11.9 Å². The average molecular weight is 363 g/mol. The fraction of sp³-hybridized carbons (Fsp3) is 0.150. The summed E-state index contributed by atoms with van der Waals surface area (Å²) >= 11 is 0. The number of benzene rings is 2. The third-order valence-electron chi connectivity index (χ3n) is 4.61. The van der Waals surface area contributed by atoms with Gasteiger partial charge in [0.15, 0.2) is 5.82 Å². The number of nitrogens with zero attached hydrogens (tertiary/aromatic N) is 3. The van der Waals surface area contributed by atoms with Crippen LogP contribution in [0.1, 0.15) is 24.1 Å². The van der Waals surface area contributed by atoms with Crippen molar-refractivity contribution in [2.45, 2.75) is 19.9 Å². The van der Waals surface area contributed by atoms with Gasteiger partial charge in [0.05, 0.1) is 5.57 Å². The second-order valence-electron chi connectivity index (χ2n) is 6.55. The number of hydrogen-bond acceptors (Lipinski definition) is 4. The number of hydrogen-bond donors (Lipinski definition) is 2. The summed E-state index contributed by atoms with van der Waals surface area (Å²) in [6.45, 7) is 3.77. The Labute approximate surface area is 155 Å². The molecule has 4 rings (SSSR count). The number of primary amides is 1. The Bertz CT molecular complexity index is 1050. The topological polar surface area (TPSA) is 85.8 Å². The molecular weight excluding hydrogens is 345 g/mol. The van der Waals surface area contributed by atoms with E-state index >= 15 is 0 Å². The van der Waals surface area contributed by atoms with Crippen LogP contribution in [-0.4, -0.2) is 20.7 Å². The van der Waals surface area contributed by atoms with Gasteiger partial charge >= 0.3 is 0 Å². The van der Waals surface area contributed by atoms with Crippen molar-refractivity contribution < 1.29 is 9.18 Å². The lowest BCUT2D eigenvalue weighted by molar-refractivity contribution is -0.115. The first-order chi connectivity index (χ1) is 12.9. The lowest BCUT2D eigenvalue weighted by atomic mass is 9.95. The summed E-state index contributed by atoms with van der Waals surface area (Å²) in [4.78, 5) is 16.7. The molecule has 0 radical (unpaired) electrons. The van der Waals surface area contributed by atoms with Crippen LogP contribution in [0.4, 0.5) is 10.3 Å². The van der Waals surface area contributed by atoms with E-state index in [0.29, 0.717) is 28.6 Å². The number of aryl methyl sites for hydroxylation is 1. The van der Waals surface area contributed by atoms with Crippen molar-refractivity contribution in [2.75, 3.05) is 5.32 Å². The van der Waals surface area contributed by atoms with E-state index in [1.165, 1.54) is 12.1 Å². The van der Waals surface area contributed by atoms with Crippen LogP contribution in [0.15, 0.2) is 59.8 Å². The summed E-state index contributed by atoms with van der Waals surface area (Å²) in [6.07, 6.45) is 0. The molecule has 0 bridgehead atoms. The van der Waals surface area contributed by atoms with E-state index in [4.69, 9.17) is 5.73 Å². The molecule has 2 heterocycles. The fourth-order valence-corrected chi connectivity index (χ4v) is 3.25. The molecule has 0 fully saturated rings. The number of amides is 1. The number of allylic oxidation sites excluding steroid dienone is 1. The SMILES string of the molecule is CC1=C(C(N)=O)C(c2ccc(F)cc2)n2nc(-c3ccc(C)cc3)nc2N1. The van der Waals surface area contributed by atoms with Crippen molar-refractivity contribution in [1.82, 2.24) is 14.8 Å². The highest BCUT2D eigenvalue weighted by atomic mass is 19.1. The molecule has 0 aliphatic carbocycles. The van der Waals surface area contributed by atoms with Crippen molar-refractivity contribution in [3.63, 3.8) is 0 Å². The Kier molecular flexibility index (Phi) is 3.99. The predicted molar refractivity (Wildman–Crippen MR) is 100 cm³/mol. The molecule has 0 saturated heterocycles. The zero-order valence-corrected chi connectivity index (χ0v) is 14.9. The number of nitrogens with two attached hydrogens (primary N) is 1. The molecule has 6 nitrogen and oxygen atoms in total. The molecule has 1 unspecified atom stereocenters. The highest BCUT2D eigenvalue weighted by molar-refractivity contribution is 5.95. The van der Waals surface area contributed by atoms with Crippen LogP contribution in [0.2, 0.25) is 0 Å². The first kappa shape index (κ1) is 17.0. The molecule has 1 aromatic heterocycles. The van der Waals surface area contributed by atoms with Crippen LogP contribution in [0.3, 0.4) is 0 Å². The molecule has 1 amide bonds. The standard InChI is InChI=1S/C20H18FN5O/c1-11-3-5-14(6-4-11)19-24-20-23-12(2)16(18(22)27)17(26(20)25-19)13-7-9-15(21)10-8-13/h3-10,17H,1-2H3,(H2,22,27)(H,23,24,25). The third-order valence-corrected chi connectivity index (χ3v) is 4.61. The Morgan fingerprint density at radius 2 is 1.78 bits per heavy atom. The number of fused-ring (bicyclic) bond motifs is 1. The number of carbonyl (C=O) groups excluding carboxylic acids is 1. The summed E-state index contributed by atoms with van der Waals surface area (Å²) in [5.74, 6) is 0.117. The molecule has 1 atom stereocenters. The van der Waals surface area contributed by atoms with Crippen LogP contribution in [-0.2, 0) is 4.79 Å². The van der Waals surface area contributed by atoms with Crippen LogP contribution in [0, 0.1) is 12.7 Å². The van der Waals surface area contributed by atoms with Gasteiger partial charge in [0.1, 0.15) is 11.9 Å². The molecule has 1 aliphatic rings. The molecule has 7 heteroatoms. The lowest BCUT2D eigenvalue weighted by Crippen LogP contribution is -2.31. The van der Waals surface area contributed by atoms with E-state index in [0.717, 1.165) is 11.1 Å². The Morgan fingerprint density at radius 3 is 2.41 bits per heavy atom. The highest BCUT2D eigenvalue weighted by Crippen LogP contribution is 2.36. The third kappa shape index (κ3) is 2.97. The molecule has 3 aromatic rings. The van der Waals surface area contributed by atoms with Crippen LogP contribution >= 0.6 is 0 Å². The quantitative estimate of drug-likeness (QED) is 0.748. The molecule has 0 spiro atoms. The van der Waals surface area contributed by atoms with Crippen molar-refractivity contribution >= 4 is 11.9 Å². The van der Waals surface area contributed by atoms with Crippen molar-refractivity contribution in [1.29, 1.82) is 0 Å². The van der Waals surface area contributed by atoms with Crippen LogP contribution in [0.5, 0.6) is 0 Å². The number of aromatic nitrogens is 3. The maximum absolute atomic E-state index is 13.4. The zero-order valence-electron chi connectivity index (χ0n) is 14.9. The van der Waals surface area contributed by atoms with Crippen LogP contribution in [0.25, 0.3) is 11.4 Å². The van der Waals surface area contributed by atoms with Gasteiger partial charge in [0, 0.05) is 11.3 Å². The largest absolute Gasteiger partial charge is 0.366 e. The predicted octanol–water partition coefficient (Wildman–Crippen LogP) is 3.17. The molecule has 2 aromatic carbocycles. The second-order valence-corrected chi connectivity index (χ2v) is 6.55. The second kappa shape index (κ2) is 6.35. The maximum atomic E-state index is 13.4.